The molecule has 0 aliphatic carbocycles. The fourth-order valence-electron chi connectivity index (χ4n) is 4.65. The first-order chi connectivity index (χ1) is 15.5. The number of para-hydroxylation sites is 1. The van der Waals surface area contributed by atoms with Gasteiger partial charge in [-0.05, 0) is 56.8 Å². The van der Waals surface area contributed by atoms with E-state index < -0.39 is 4.75 Å². The van der Waals surface area contributed by atoms with Gasteiger partial charge in [0.2, 0.25) is 5.91 Å². The van der Waals surface area contributed by atoms with Gasteiger partial charge in [-0.2, -0.15) is 0 Å². The lowest BCUT2D eigenvalue weighted by atomic mass is 9.89. The summed E-state index contributed by atoms with van der Waals surface area (Å²) >= 11 is 1.65. The van der Waals surface area contributed by atoms with Crippen LogP contribution in [0.2, 0.25) is 0 Å². The lowest BCUT2D eigenvalue weighted by Gasteiger charge is -2.42. The van der Waals surface area contributed by atoms with Gasteiger partial charge in [0.15, 0.2) is 0 Å². The highest BCUT2D eigenvalue weighted by Crippen LogP contribution is 2.55. The molecule has 4 rings (SSSR count). The third-order valence-electron chi connectivity index (χ3n) is 6.60. The first-order valence-electron chi connectivity index (χ1n) is 11.2. The number of carbonyl (C=O) groups excluding carboxylic acids is 1. The minimum atomic E-state index is -0.768. The summed E-state index contributed by atoms with van der Waals surface area (Å²) in [5.41, 5.74) is 1.84. The molecule has 7 heteroatoms. The third-order valence-corrected chi connectivity index (χ3v) is 8.11. The molecule has 2 aromatic carbocycles. The average molecular weight is 456 g/mol. The van der Waals surface area contributed by atoms with Crippen molar-refractivity contribution in [2.45, 2.75) is 22.5 Å². The molecule has 172 valence electrons. The number of ether oxygens (including phenoxy) is 2. The summed E-state index contributed by atoms with van der Waals surface area (Å²) in [6.07, 6.45) is 1.66. The predicted molar refractivity (Wildman–Crippen MR) is 130 cm³/mol. The van der Waals surface area contributed by atoms with Gasteiger partial charge >= 0.3 is 0 Å². The van der Waals surface area contributed by atoms with Crippen molar-refractivity contribution >= 4 is 23.4 Å². The van der Waals surface area contributed by atoms with Crippen molar-refractivity contribution in [3.8, 4) is 11.5 Å². The highest BCUT2D eigenvalue weighted by Gasteiger charge is 2.48. The number of amides is 1. The van der Waals surface area contributed by atoms with Gasteiger partial charge < -0.3 is 24.2 Å². The van der Waals surface area contributed by atoms with Crippen LogP contribution in [-0.4, -0.2) is 76.7 Å². The predicted octanol–water partition coefficient (Wildman–Crippen LogP) is 3.70. The molecule has 2 aliphatic rings. The van der Waals surface area contributed by atoms with E-state index >= 15 is 0 Å². The summed E-state index contributed by atoms with van der Waals surface area (Å²) in [5.74, 6) is 1.54. The molecular formula is C25H33N3O3S. The molecule has 1 saturated heterocycles. The van der Waals surface area contributed by atoms with Gasteiger partial charge in [-0.3, -0.25) is 4.79 Å². The number of thioether (sulfide) groups is 1. The number of rotatable bonds is 7. The van der Waals surface area contributed by atoms with Crippen LogP contribution in [0.5, 0.6) is 11.5 Å². The number of nitrogens with zero attached hydrogens (tertiary/aromatic N) is 3. The van der Waals surface area contributed by atoms with Crippen molar-refractivity contribution in [1.29, 1.82) is 0 Å². The lowest BCUT2D eigenvalue weighted by molar-refractivity contribution is -0.121. The number of piperazine rings is 1. The van der Waals surface area contributed by atoms with Crippen molar-refractivity contribution in [2.24, 2.45) is 0 Å². The maximum absolute atomic E-state index is 14.0. The van der Waals surface area contributed by atoms with Crippen LogP contribution in [-0.2, 0) is 9.54 Å². The third kappa shape index (κ3) is 4.34. The topological polar surface area (TPSA) is 45.3 Å². The Kier molecular flexibility index (Phi) is 6.98. The quantitative estimate of drug-likeness (QED) is 0.635. The van der Waals surface area contributed by atoms with Gasteiger partial charge in [0.25, 0.3) is 0 Å². The monoisotopic (exact) mass is 455 g/mol. The van der Waals surface area contributed by atoms with Gasteiger partial charge in [-0.1, -0.05) is 12.1 Å². The van der Waals surface area contributed by atoms with Gasteiger partial charge in [0.05, 0.1) is 19.9 Å². The lowest BCUT2D eigenvalue weighted by Crippen LogP contribution is -2.47. The minimum absolute atomic E-state index is 0.0890. The van der Waals surface area contributed by atoms with Gasteiger partial charge in [0.1, 0.15) is 16.2 Å². The van der Waals surface area contributed by atoms with E-state index in [1.54, 1.807) is 30.9 Å². The molecule has 0 radical (unpaired) electrons. The molecule has 1 fully saturated rings. The number of carbonyl (C=O) groups is 1. The smallest absolute Gasteiger partial charge is 0.248 e. The summed E-state index contributed by atoms with van der Waals surface area (Å²) in [4.78, 5) is 21.8. The van der Waals surface area contributed by atoms with E-state index in [9.17, 15) is 4.79 Å². The van der Waals surface area contributed by atoms with Crippen molar-refractivity contribution in [3.63, 3.8) is 0 Å². The van der Waals surface area contributed by atoms with Crippen LogP contribution in [0, 0.1) is 0 Å². The Morgan fingerprint density at radius 3 is 2.47 bits per heavy atom. The summed E-state index contributed by atoms with van der Waals surface area (Å²) in [7, 11) is 7.37. The summed E-state index contributed by atoms with van der Waals surface area (Å²) in [6.45, 7) is 5.34. The van der Waals surface area contributed by atoms with Crippen LogP contribution < -0.4 is 14.4 Å². The second kappa shape index (κ2) is 9.73. The zero-order valence-electron chi connectivity index (χ0n) is 19.5. The van der Waals surface area contributed by atoms with Crippen molar-refractivity contribution in [1.82, 2.24) is 9.80 Å². The second-order valence-electron chi connectivity index (χ2n) is 8.58. The van der Waals surface area contributed by atoms with Crippen molar-refractivity contribution in [3.05, 3.63) is 48.0 Å². The number of likely N-dealkylation sites (N-methyl/N-ethyl adjacent to an activating group) is 2. The first-order valence-corrected chi connectivity index (χ1v) is 12.0. The highest BCUT2D eigenvalue weighted by molar-refractivity contribution is 8.01. The van der Waals surface area contributed by atoms with Crippen LogP contribution in [0.15, 0.2) is 47.4 Å². The molecule has 0 aromatic heterocycles. The molecule has 32 heavy (non-hydrogen) atoms. The highest BCUT2D eigenvalue weighted by atomic mass is 32.2. The van der Waals surface area contributed by atoms with Gasteiger partial charge in [-0.25, -0.2) is 0 Å². The summed E-state index contributed by atoms with van der Waals surface area (Å²) in [5, 5.41) is 0. The van der Waals surface area contributed by atoms with E-state index in [0.29, 0.717) is 0 Å². The molecule has 2 heterocycles. The molecule has 6 nitrogen and oxygen atoms in total. The molecule has 1 amide bonds. The first kappa shape index (κ1) is 23.0. The second-order valence-corrected chi connectivity index (χ2v) is 9.92. The zero-order valence-corrected chi connectivity index (χ0v) is 20.3. The van der Waals surface area contributed by atoms with Crippen LogP contribution in [0.1, 0.15) is 18.4 Å². The maximum atomic E-state index is 14.0. The van der Waals surface area contributed by atoms with Crippen LogP contribution >= 0.6 is 11.8 Å². The molecule has 0 bridgehead atoms. The van der Waals surface area contributed by atoms with E-state index in [-0.39, 0.29) is 5.91 Å². The van der Waals surface area contributed by atoms with E-state index in [1.807, 2.05) is 43.4 Å². The van der Waals surface area contributed by atoms with Crippen molar-refractivity contribution in [2.75, 3.05) is 65.9 Å². The molecular weight excluding hydrogens is 422 g/mol. The Morgan fingerprint density at radius 2 is 1.75 bits per heavy atom. The number of methoxy groups -OCH3 is 2. The van der Waals surface area contributed by atoms with Crippen LogP contribution in [0.3, 0.4) is 0 Å². The number of hydrogen-bond acceptors (Lipinski definition) is 6. The van der Waals surface area contributed by atoms with E-state index in [4.69, 9.17) is 9.47 Å². The largest absolute Gasteiger partial charge is 0.497 e. The average Bonchev–Trinajstić information content (AvgIpc) is 2.83. The fraction of sp³-hybridized carbons (Fsp3) is 0.480. The van der Waals surface area contributed by atoms with Crippen LogP contribution in [0.4, 0.5) is 5.69 Å². The van der Waals surface area contributed by atoms with Gasteiger partial charge in [0, 0.05) is 43.7 Å². The van der Waals surface area contributed by atoms with E-state index in [0.717, 1.165) is 73.2 Å². The Hall–Kier alpha value is -2.22. The maximum Gasteiger partial charge on any atom is 0.248 e. The van der Waals surface area contributed by atoms with Crippen molar-refractivity contribution < 1.29 is 14.3 Å². The Labute approximate surface area is 195 Å². The van der Waals surface area contributed by atoms with E-state index in [2.05, 4.69) is 22.9 Å². The number of fused-ring (bicyclic) bond motifs is 1. The fourth-order valence-corrected chi connectivity index (χ4v) is 6.22. The standard InChI is InChI=1S/C25H33N3O3S/c1-26-14-16-28(17-15-26)13-7-12-25(20-18-19(30-3)10-11-22(20)31-4)24(29)27(2)21-8-5-6-9-23(21)32-25/h5-6,8-11,18H,7,12-17H2,1-4H3. The molecule has 0 spiro atoms. The summed E-state index contributed by atoms with van der Waals surface area (Å²) in [6, 6.07) is 13.9. The molecule has 2 aliphatic heterocycles. The zero-order chi connectivity index (χ0) is 22.7. The molecule has 0 N–H and O–H groups in total. The molecule has 0 saturated carbocycles. The molecule has 1 atom stereocenters. The Bertz CT molecular complexity index is 961. The number of hydrogen-bond donors (Lipinski definition) is 0. The Balaban J connectivity index is 1.70. The van der Waals surface area contributed by atoms with Gasteiger partial charge in [-0.15, -0.1) is 11.8 Å². The van der Waals surface area contributed by atoms with Crippen LogP contribution in [0.25, 0.3) is 0 Å². The van der Waals surface area contributed by atoms with E-state index in [1.165, 1.54) is 0 Å². The number of benzene rings is 2. The Morgan fingerprint density at radius 1 is 1.00 bits per heavy atom. The summed E-state index contributed by atoms with van der Waals surface area (Å²) < 4.78 is 10.5. The SMILES string of the molecule is COc1ccc(OC)c(C2(CCCN3CCN(C)CC3)Sc3ccccc3N(C)C2=O)c1. The minimum Gasteiger partial charge on any atom is -0.497 e. The number of anilines is 1. The molecule has 1 unspecified atom stereocenters. The molecule has 2 aromatic rings. The normalized spacial score (nSPS) is 22.0.